The van der Waals surface area contributed by atoms with Gasteiger partial charge in [-0.15, -0.1) is 0 Å². The van der Waals surface area contributed by atoms with Crippen LogP contribution in [0.4, 0.5) is 10.1 Å². The van der Waals surface area contributed by atoms with Gasteiger partial charge in [-0.1, -0.05) is 11.6 Å². The molecule has 1 aromatic carbocycles. The first-order valence-corrected chi connectivity index (χ1v) is 7.33. The van der Waals surface area contributed by atoms with Crippen molar-refractivity contribution in [1.82, 2.24) is 4.98 Å². The van der Waals surface area contributed by atoms with Crippen LogP contribution in [0.15, 0.2) is 41.4 Å². The van der Waals surface area contributed by atoms with Gasteiger partial charge in [-0.2, -0.15) is 0 Å². The molecule has 0 saturated heterocycles. The number of rotatable bonds is 4. The van der Waals surface area contributed by atoms with Crippen LogP contribution in [-0.2, 0) is 10.0 Å². The molecule has 2 N–H and O–H groups in total. The van der Waals surface area contributed by atoms with Crippen molar-refractivity contribution in [2.75, 3.05) is 4.72 Å². The van der Waals surface area contributed by atoms with Gasteiger partial charge in [0.25, 0.3) is 10.0 Å². The van der Waals surface area contributed by atoms with Crippen molar-refractivity contribution in [3.8, 4) is 0 Å². The Kier molecular flexibility index (Phi) is 4.10. The molecule has 0 aliphatic carbocycles. The Hall–Kier alpha value is -2.19. The van der Waals surface area contributed by atoms with Crippen molar-refractivity contribution in [2.45, 2.75) is 4.90 Å². The van der Waals surface area contributed by atoms with Crippen LogP contribution in [0.2, 0.25) is 5.15 Å². The number of benzene rings is 1. The average Bonchev–Trinajstić information content (AvgIpc) is 2.41. The lowest BCUT2D eigenvalue weighted by molar-refractivity contribution is 0.0691. The number of anilines is 1. The van der Waals surface area contributed by atoms with Crippen LogP contribution in [0.25, 0.3) is 0 Å². The van der Waals surface area contributed by atoms with Crippen LogP contribution in [-0.4, -0.2) is 24.5 Å². The average molecular weight is 331 g/mol. The molecule has 1 heterocycles. The number of carboxylic acid groups (broad SMARTS) is 1. The number of hydrogen-bond acceptors (Lipinski definition) is 4. The number of carboxylic acids is 1. The molecule has 21 heavy (non-hydrogen) atoms. The second kappa shape index (κ2) is 5.66. The summed E-state index contributed by atoms with van der Waals surface area (Å²) in [4.78, 5) is 14.1. The number of hydrogen-bond donors (Lipinski definition) is 2. The van der Waals surface area contributed by atoms with Crippen molar-refractivity contribution in [2.24, 2.45) is 0 Å². The summed E-state index contributed by atoms with van der Waals surface area (Å²) in [6.45, 7) is 0. The smallest absolute Gasteiger partial charge is 0.338 e. The molecule has 0 atom stereocenters. The molecular formula is C12H8ClFN2O4S. The molecule has 0 fully saturated rings. The summed E-state index contributed by atoms with van der Waals surface area (Å²) in [7, 11) is -4.11. The van der Waals surface area contributed by atoms with Gasteiger partial charge >= 0.3 is 5.97 Å². The lowest BCUT2D eigenvalue weighted by atomic mass is 10.2. The molecule has 1 aromatic heterocycles. The standard InChI is InChI=1S/C12H8ClFN2O4S/c13-11-10(2-1-5-15-11)16-21(19,20)7-3-4-9(14)8(6-7)12(17)18/h1-6,16H,(H,17,18). The Morgan fingerprint density at radius 3 is 2.67 bits per heavy atom. The van der Waals surface area contributed by atoms with Crippen LogP contribution < -0.4 is 4.72 Å². The van der Waals surface area contributed by atoms with Crippen molar-refractivity contribution in [3.63, 3.8) is 0 Å². The van der Waals surface area contributed by atoms with E-state index < -0.39 is 32.3 Å². The normalized spacial score (nSPS) is 11.1. The SMILES string of the molecule is O=C(O)c1cc(S(=O)(=O)Nc2cccnc2Cl)ccc1F. The van der Waals surface area contributed by atoms with Crippen LogP contribution in [0.3, 0.4) is 0 Å². The summed E-state index contributed by atoms with van der Waals surface area (Å²) in [6.07, 6.45) is 1.38. The maximum Gasteiger partial charge on any atom is 0.338 e. The predicted octanol–water partition coefficient (Wildman–Crippen LogP) is 2.37. The van der Waals surface area contributed by atoms with E-state index in [2.05, 4.69) is 9.71 Å². The topological polar surface area (TPSA) is 96.4 Å². The summed E-state index contributed by atoms with van der Waals surface area (Å²) >= 11 is 5.73. The molecule has 2 aromatic rings. The van der Waals surface area contributed by atoms with E-state index in [1.807, 2.05) is 0 Å². The quantitative estimate of drug-likeness (QED) is 0.839. The van der Waals surface area contributed by atoms with Crippen LogP contribution in [0, 0.1) is 5.82 Å². The fourth-order valence-corrected chi connectivity index (χ4v) is 2.82. The van der Waals surface area contributed by atoms with E-state index >= 15 is 0 Å². The van der Waals surface area contributed by atoms with Gasteiger partial charge in [-0.05, 0) is 30.3 Å². The van der Waals surface area contributed by atoms with Gasteiger partial charge < -0.3 is 5.11 Å². The number of halogens is 2. The second-order valence-corrected chi connectivity index (χ2v) is 5.93. The summed E-state index contributed by atoms with van der Waals surface area (Å²) in [5.41, 5.74) is -0.712. The molecule has 0 bridgehead atoms. The molecule has 110 valence electrons. The number of sulfonamides is 1. The van der Waals surface area contributed by atoms with E-state index in [1.54, 1.807) is 0 Å². The zero-order chi connectivity index (χ0) is 15.6. The van der Waals surface area contributed by atoms with Gasteiger partial charge in [0.15, 0.2) is 5.15 Å². The lowest BCUT2D eigenvalue weighted by Gasteiger charge is -2.09. The Morgan fingerprint density at radius 1 is 1.33 bits per heavy atom. The van der Waals surface area contributed by atoms with Crippen molar-refractivity contribution < 1.29 is 22.7 Å². The third-order valence-corrected chi connectivity index (χ3v) is 4.15. The largest absolute Gasteiger partial charge is 0.478 e. The highest BCUT2D eigenvalue weighted by atomic mass is 35.5. The monoisotopic (exact) mass is 330 g/mol. The number of aromatic carboxylic acids is 1. The zero-order valence-electron chi connectivity index (χ0n) is 10.2. The minimum Gasteiger partial charge on any atom is -0.478 e. The highest BCUT2D eigenvalue weighted by Crippen LogP contribution is 2.23. The van der Waals surface area contributed by atoms with Gasteiger partial charge in [-0.3, -0.25) is 4.72 Å². The molecule has 0 spiro atoms. The first-order chi connectivity index (χ1) is 9.81. The predicted molar refractivity (Wildman–Crippen MR) is 73.4 cm³/mol. The Morgan fingerprint density at radius 2 is 2.05 bits per heavy atom. The molecule has 6 nitrogen and oxygen atoms in total. The highest BCUT2D eigenvalue weighted by molar-refractivity contribution is 7.92. The summed E-state index contributed by atoms with van der Waals surface area (Å²) in [6, 6.07) is 5.30. The van der Waals surface area contributed by atoms with Crippen LogP contribution in [0.1, 0.15) is 10.4 Å². The Balaban J connectivity index is 2.43. The third kappa shape index (κ3) is 3.29. The molecule has 0 amide bonds. The highest BCUT2D eigenvalue weighted by Gasteiger charge is 2.20. The number of nitrogens with zero attached hydrogens (tertiary/aromatic N) is 1. The summed E-state index contributed by atoms with van der Waals surface area (Å²) in [5, 5.41) is 8.74. The van der Waals surface area contributed by atoms with E-state index in [4.69, 9.17) is 16.7 Å². The van der Waals surface area contributed by atoms with Crippen LogP contribution in [0.5, 0.6) is 0 Å². The molecular weight excluding hydrogens is 323 g/mol. The second-order valence-electron chi connectivity index (χ2n) is 3.89. The minimum atomic E-state index is -4.11. The molecule has 0 aliphatic rings. The van der Waals surface area contributed by atoms with E-state index in [-0.39, 0.29) is 10.8 Å². The van der Waals surface area contributed by atoms with Crippen LogP contribution >= 0.6 is 11.6 Å². The van der Waals surface area contributed by atoms with Gasteiger partial charge in [0.05, 0.1) is 16.1 Å². The van der Waals surface area contributed by atoms with Gasteiger partial charge in [0.2, 0.25) is 0 Å². The Bertz CT molecular complexity index is 811. The molecule has 0 radical (unpaired) electrons. The zero-order valence-corrected chi connectivity index (χ0v) is 11.8. The van der Waals surface area contributed by atoms with E-state index in [0.29, 0.717) is 0 Å². The first-order valence-electron chi connectivity index (χ1n) is 5.47. The first kappa shape index (κ1) is 15.2. The molecule has 0 aliphatic heterocycles. The molecule has 2 rings (SSSR count). The van der Waals surface area contributed by atoms with Gasteiger partial charge in [0, 0.05) is 6.20 Å². The van der Waals surface area contributed by atoms with Crippen molar-refractivity contribution >= 4 is 33.3 Å². The molecule has 0 unspecified atom stereocenters. The maximum atomic E-state index is 13.3. The minimum absolute atomic E-state index is 0.0281. The fraction of sp³-hybridized carbons (Fsp3) is 0. The maximum absolute atomic E-state index is 13.3. The fourth-order valence-electron chi connectivity index (χ4n) is 1.50. The van der Waals surface area contributed by atoms with Crippen molar-refractivity contribution in [1.29, 1.82) is 0 Å². The van der Waals surface area contributed by atoms with E-state index in [1.165, 1.54) is 18.3 Å². The summed E-state index contributed by atoms with van der Waals surface area (Å²) in [5.74, 6) is -2.59. The molecule has 0 saturated carbocycles. The number of pyridine rings is 1. The van der Waals surface area contributed by atoms with Gasteiger partial charge in [0.1, 0.15) is 5.82 Å². The number of nitrogens with one attached hydrogen (secondary N) is 1. The number of carbonyl (C=O) groups is 1. The summed E-state index contributed by atoms with van der Waals surface area (Å²) < 4.78 is 39.7. The number of aromatic nitrogens is 1. The van der Waals surface area contributed by atoms with Crippen molar-refractivity contribution in [3.05, 3.63) is 53.1 Å². The lowest BCUT2D eigenvalue weighted by Crippen LogP contribution is -2.15. The molecule has 9 heteroatoms. The van der Waals surface area contributed by atoms with E-state index in [9.17, 15) is 17.6 Å². The Labute approximate surface area is 124 Å². The van der Waals surface area contributed by atoms with E-state index in [0.717, 1.165) is 18.2 Å². The van der Waals surface area contributed by atoms with Gasteiger partial charge in [-0.25, -0.2) is 22.6 Å². The third-order valence-electron chi connectivity index (χ3n) is 2.48.